The highest BCUT2D eigenvalue weighted by Gasteiger charge is 2.21. The first-order valence-corrected chi connectivity index (χ1v) is 7.93. The van der Waals surface area contributed by atoms with E-state index in [-0.39, 0.29) is 5.91 Å². The summed E-state index contributed by atoms with van der Waals surface area (Å²) in [5.41, 5.74) is 0.808. The summed E-state index contributed by atoms with van der Waals surface area (Å²) in [7, 11) is 0. The van der Waals surface area contributed by atoms with Gasteiger partial charge in [0.05, 0.1) is 5.01 Å². The number of nitrogens with zero attached hydrogens (tertiary/aromatic N) is 2. The lowest BCUT2D eigenvalue weighted by molar-refractivity contribution is 0.0730. The highest BCUT2D eigenvalue weighted by Crippen LogP contribution is 2.24. The van der Waals surface area contributed by atoms with Crippen LogP contribution in [-0.4, -0.2) is 28.9 Å². The summed E-state index contributed by atoms with van der Waals surface area (Å²) in [4.78, 5) is 18.7. The van der Waals surface area contributed by atoms with E-state index in [2.05, 4.69) is 4.98 Å². The number of amides is 1. The van der Waals surface area contributed by atoms with Crippen molar-refractivity contribution in [2.24, 2.45) is 0 Å². The van der Waals surface area contributed by atoms with E-state index in [1.54, 1.807) is 17.4 Å². The zero-order valence-electron chi connectivity index (χ0n) is 11.6. The van der Waals surface area contributed by atoms with E-state index < -0.39 is 0 Å². The van der Waals surface area contributed by atoms with Gasteiger partial charge in [-0.2, -0.15) is 0 Å². The fourth-order valence-corrected chi connectivity index (χ4v) is 3.10. The van der Waals surface area contributed by atoms with Crippen LogP contribution in [0.4, 0.5) is 0 Å². The molecule has 0 bridgehead atoms. The maximum Gasteiger partial charge on any atom is 0.289 e. The van der Waals surface area contributed by atoms with Gasteiger partial charge in [0.1, 0.15) is 5.69 Å². The third-order valence-corrected chi connectivity index (χ3v) is 4.36. The lowest BCUT2D eigenvalue weighted by atomic mass is 10.2. The summed E-state index contributed by atoms with van der Waals surface area (Å²) in [6.07, 6.45) is 4.60. The van der Waals surface area contributed by atoms with Crippen LogP contribution in [0.15, 0.2) is 21.9 Å². The Morgan fingerprint density at radius 2 is 2.00 bits per heavy atom. The lowest BCUT2D eigenvalue weighted by Gasteiger charge is -2.18. The fourth-order valence-electron chi connectivity index (χ4n) is 2.50. The number of aryl methyl sites for hydroxylation is 1. The summed E-state index contributed by atoms with van der Waals surface area (Å²) in [5.74, 6) is 1.10. The van der Waals surface area contributed by atoms with E-state index in [1.165, 1.54) is 12.8 Å². The summed E-state index contributed by atoms with van der Waals surface area (Å²) < 4.78 is 5.69. The van der Waals surface area contributed by atoms with Crippen LogP contribution in [0.2, 0.25) is 0 Å². The smallest absolute Gasteiger partial charge is 0.289 e. The van der Waals surface area contributed by atoms with Gasteiger partial charge in [0.15, 0.2) is 11.5 Å². The van der Waals surface area contributed by atoms with Gasteiger partial charge in [0.25, 0.3) is 5.91 Å². The molecule has 3 rings (SSSR count). The molecule has 0 aromatic carbocycles. The van der Waals surface area contributed by atoms with Gasteiger partial charge in [0.2, 0.25) is 0 Å². The van der Waals surface area contributed by atoms with Crippen LogP contribution in [0, 0.1) is 6.92 Å². The fraction of sp³-hybridized carbons (Fsp3) is 0.467. The van der Waals surface area contributed by atoms with Crippen molar-refractivity contribution in [2.75, 3.05) is 13.1 Å². The first kappa shape index (κ1) is 13.4. The van der Waals surface area contributed by atoms with Crippen LogP contribution >= 0.6 is 11.3 Å². The van der Waals surface area contributed by atoms with Crippen molar-refractivity contribution < 1.29 is 9.21 Å². The Kier molecular flexibility index (Phi) is 3.87. The Morgan fingerprint density at radius 3 is 2.65 bits per heavy atom. The highest BCUT2D eigenvalue weighted by atomic mass is 32.1. The molecule has 1 aliphatic heterocycles. The van der Waals surface area contributed by atoms with Gasteiger partial charge in [-0.05, 0) is 31.9 Å². The molecule has 1 amide bonds. The molecule has 2 aromatic heterocycles. The highest BCUT2D eigenvalue weighted by molar-refractivity contribution is 7.09. The van der Waals surface area contributed by atoms with Gasteiger partial charge in [0, 0.05) is 18.5 Å². The number of thiazole rings is 1. The molecular formula is C15H18N2O2S. The molecule has 0 unspecified atom stereocenters. The Hall–Kier alpha value is -1.62. The van der Waals surface area contributed by atoms with Crippen LogP contribution < -0.4 is 0 Å². The molecule has 0 radical (unpaired) electrons. The lowest BCUT2D eigenvalue weighted by Crippen LogP contribution is -2.31. The van der Waals surface area contributed by atoms with Gasteiger partial charge in [-0.3, -0.25) is 4.79 Å². The van der Waals surface area contributed by atoms with E-state index in [4.69, 9.17) is 4.42 Å². The first-order chi connectivity index (χ1) is 9.74. The molecule has 0 saturated carbocycles. The minimum Gasteiger partial charge on any atom is -0.449 e. The summed E-state index contributed by atoms with van der Waals surface area (Å²) in [6.45, 7) is 3.63. The van der Waals surface area contributed by atoms with Crippen LogP contribution in [-0.2, 0) is 0 Å². The second kappa shape index (κ2) is 5.79. The molecule has 4 nitrogen and oxygen atoms in total. The summed E-state index contributed by atoms with van der Waals surface area (Å²) in [5, 5.41) is 2.95. The molecule has 106 valence electrons. The van der Waals surface area contributed by atoms with Crippen molar-refractivity contribution in [3.63, 3.8) is 0 Å². The van der Waals surface area contributed by atoms with Crippen LogP contribution in [0.1, 0.15) is 41.2 Å². The molecule has 3 heterocycles. The van der Waals surface area contributed by atoms with Crippen molar-refractivity contribution in [3.8, 4) is 11.5 Å². The van der Waals surface area contributed by atoms with E-state index in [0.717, 1.165) is 36.6 Å². The number of rotatable bonds is 2. The Labute approximate surface area is 122 Å². The van der Waals surface area contributed by atoms with Crippen molar-refractivity contribution in [2.45, 2.75) is 32.6 Å². The number of furan rings is 1. The van der Waals surface area contributed by atoms with Gasteiger partial charge in [-0.25, -0.2) is 4.98 Å². The minimum absolute atomic E-state index is 0.00472. The predicted octanol–water partition coefficient (Wildman–Crippen LogP) is 3.73. The van der Waals surface area contributed by atoms with Crippen LogP contribution in [0.25, 0.3) is 11.5 Å². The summed E-state index contributed by atoms with van der Waals surface area (Å²) >= 11 is 1.58. The molecule has 0 spiro atoms. The average molecular weight is 290 g/mol. The number of carbonyl (C=O) groups is 1. The van der Waals surface area contributed by atoms with E-state index in [1.807, 2.05) is 23.3 Å². The quantitative estimate of drug-likeness (QED) is 0.846. The van der Waals surface area contributed by atoms with Crippen LogP contribution in [0.3, 0.4) is 0 Å². The Balaban J connectivity index is 1.77. The number of hydrogen-bond acceptors (Lipinski definition) is 4. The second-order valence-electron chi connectivity index (χ2n) is 5.12. The number of likely N-dealkylation sites (tertiary alicyclic amines) is 1. The second-order valence-corrected chi connectivity index (χ2v) is 6.18. The van der Waals surface area contributed by atoms with E-state index in [0.29, 0.717) is 11.5 Å². The molecule has 1 fully saturated rings. The number of hydrogen-bond donors (Lipinski definition) is 0. The van der Waals surface area contributed by atoms with Crippen molar-refractivity contribution in [1.29, 1.82) is 0 Å². The minimum atomic E-state index is 0.00472. The number of carbonyl (C=O) groups excluding carboxylic acids is 1. The molecule has 0 aliphatic carbocycles. The Morgan fingerprint density at radius 1 is 1.25 bits per heavy atom. The molecule has 0 N–H and O–H groups in total. The molecule has 5 heteroatoms. The third kappa shape index (κ3) is 2.77. The largest absolute Gasteiger partial charge is 0.449 e. The van der Waals surface area contributed by atoms with Crippen LogP contribution in [0.5, 0.6) is 0 Å². The normalized spacial score (nSPS) is 16.1. The topological polar surface area (TPSA) is 46.3 Å². The zero-order chi connectivity index (χ0) is 13.9. The van der Waals surface area contributed by atoms with E-state index in [9.17, 15) is 4.79 Å². The van der Waals surface area contributed by atoms with Gasteiger partial charge >= 0.3 is 0 Å². The van der Waals surface area contributed by atoms with Crippen molar-refractivity contribution in [1.82, 2.24) is 9.88 Å². The maximum absolute atomic E-state index is 12.4. The van der Waals surface area contributed by atoms with Gasteiger partial charge < -0.3 is 9.32 Å². The Bertz CT molecular complexity index is 595. The van der Waals surface area contributed by atoms with Crippen molar-refractivity contribution in [3.05, 3.63) is 28.3 Å². The summed E-state index contributed by atoms with van der Waals surface area (Å²) in [6, 6.07) is 3.59. The maximum atomic E-state index is 12.4. The van der Waals surface area contributed by atoms with Crippen molar-refractivity contribution >= 4 is 17.2 Å². The molecule has 1 aliphatic rings. The standard InChI is InChI=1S/C15H18N2O2S/c1-11-16-12(10-20-11)13-6-7-14(19-13)15(18)17-8-4-2-3-5-9-17/h6-7,10H,2-5,8-9H2,1H3. The predicted molar refractivity (Wildman–Crippen MR) is 78.9 cm³/mol. The molecule has 2 aromatic rings. The SMILES string of the molecule is Cc1nc(-c2ccc(C(=O)N3CCCCCC3)o2)cs1. The van der Waals surface area contributed by atoms with Gasteiger partial charge in [-0.1, -0.05) is 12.8 Å². The molecule has 0 atom stereocenters. The zero-order valence-corrected chi connectivity index (χ0v) is 12.4. The van der Waals surface area contributed by atoms with E-state index >= 15 is 0 Å². The average Bonchev–Trinajstić information content (AvgIpc) is 3.00. The molecule has 1 saturated heterocycles. The molecule has 20 heavy (non-hydrogen) atoms. The monoisotopic (exact) mass is 290 g/mol. The first-order valence-electron chi connectivity index (χ1n) is 7.05. The van der Waals surface area contributed by atoms with Gasteiger partial charge in [-0.15, -0.1) is 11.3 Å². The molecular weight excluding hydrogens is 272 g/mol. The third-order valence-electron chi connectivity index (χ3n) is 3.58. The number of aromatic nitrogens is 1.